The third kappa shape index (κ3) is 8.66. The van der Waals surface area contributed by atoms with Crippen molar-refractivity contribution >= 4 is 69.7 Å². The van der Waals surface area contributed by atoms with Crippen molar-refractivity contribution in [3.8, 4) is 5.69 Å². The van der Waals surface area contributed by atoms with E-state index in [1.165, 1.54) is 43.1 Å². The van der Waals surface area contributed by atoms with Crippen LogP contribution in [0.4, 0.5) is 40.9 Å². The van der Waals surface area contributed by atoms with Crippen molar-refractivity contribution in [2.45, 2.75) is 115 Å². The number of nitrogens with one attached hydrogen (secondary N) is 2. The van der Waals surface area contributed by atoms with Gasteiger partial charge in [0.25, 0.3) is 24.3 Å². The molecule has 2 unspecified atom stereocenters. The molecule has 3 aliphatic rings. The number of anilines is 1. The summed E-state index contributed by atoms with van der Waals surface area (Å²) in [5.74, 6) is -8.33. The number of halogens is 9. The van der Waals surface area contributed by atoms with Gasteiger partial charge in [-0.3, -0.25) is 23.5 Å². The Morgan fingerprint density at radius 1 is 0.970 bits per heavy atom. The lowest BCUT2D eigenvalue weighted by Crippen LogP contribution is -2.41. The molecule has 2 N–H and O–H groups in total. The molecule has 0 radical (unpaired) electrons. The monoisotopic (exact) mass is 976 g/mol. The average Bonchev–Trinajstić information content (AvgIpc) is 3.74. The molecule has 4 heterocycles. The second kappa shape index (κ2) is 17.1. The lowest BCUT2D eigenvalue weighted by atomic mass is 9.79. The van der Waals surface area contributed by atoms with Crippen molar-refractivity contribution in [1.82, 2.24) is 34.4 Å². The molecule has 3 aromatic heterocycles. The first-order valence-corrected chi connectivity index (χ1v) is 22.6. The molecule has 1 saturated heterocycles. The van der Waals surface area contributed by atoms with Crippen molar-refractivity contribution in [3.05, 3.63) is 104 Å². The lowest BCUT2D eigenvalue weighted by Gasteiger charge is -2.32. The van der Waals surface area contributed by atoms with Crippen molar-refractivity contribution in [2.24, 2.45) is 5.92 Å². The summed E-state index contributed by atoms with van der Waals surface area (Å²) in [6.45, 7) is 6.57. The first-order valence-electron chi connectivity index (χ1n) is 21.3. The van der Waals surface area contributed by atoms with Gasteiger partial charge in [0, 0.05) is 29.2 Å². The number of hydrogen-bond acceptors (Lipinski definition) is 9. The van der Waals surface area contributed by atoms with E-state index < -0.39 is 109 Å². The SMILES string of the molecule is CC1Cc2c(C(F)F)nn(CC(=O)NC(Cc3cc(F)cc(F)c3)c3nc4cc(B5OC(C)(C)C(C)(C)O5)ccc4c(=O)n3-c3ccc(Cl)c4c(NSC5CC5)nn(CC(F)F)c34)c2C1(F)F. The molecule has 1 amide bonds. The number of benzene rings is 3. The van der Waals surface area contributed by atoms with E-state index in [4.69, 9.17) is 25.9 Å². The first kappa shape index (κ1) is 46.9. The number of aromatic nitrogens is 6. The molecule has 3 aromatic carbocycles. The van der Waals surface area contributed by atoms with Crippen LogP contribution in [0.1, 0.15) is 88.3 Å². The molecule has 67 heavy (non-hydrogen) atoms. The van der Waals surface area contributed by atoms with E-state index in [0.29, 0.717) is 16.2 Å². The molecule has 12 nitrogen and oxygen atoms in total. The smallest absolute Gasteiger partial charge is 0.399 e. The maximum Gasteiger partial charge on any atom is 0.494 e. The largest absolute Gasteiger partial charge is 0.494 e. The summed E-state index contributed by atoms with van der Waals surface area (Å²) in [5, 5.41) is 11.3. The molecule has 0 spiro atoms. The van der Waals surface area contributed by atoms with E-state index in [2.05, 4.69) is 20.2 Å². The summed E-state index contributed by atoms with van der Waals surface area (Å²) in [5.41, 5.74) is -4.26. The zero-order valence-corrected chi connectivity index (χ0v) is 38.0. The molecule has 2 atom stereocenters. The van der Waals surface area contributed by atoms with E-state index in [0.717, 1.165) is 34.2 Å². The molecule has 1 aliphatic heterocycles. The third-order valence-electron chi connectivity index (χ3n) is 12.7. The van der Waals surface area contributed by atoms with E-state index in [9.17, 15) is 31.1 Å². The Labute approximate surface area is 387 Å². The minimum Gasteiger partial charge on any atom is -0.399 e. The van der Waals surface area contributed by atoms with Gasteiger partial charge in [0.15, 0.2) is 5.82 Å². The predicted octanol–water partition coefficient (Wildman–Crippen LogP) is 8.97. The third-order valence-corrected chi connectivity index (χ3v) is 14.1. The van der Waals surface area contributed by atoms with E-state index in [1.807, 2.05) is 27.7 Å². The number of amides is 1. The van der Waals surface area contributed by atoms with Gasteiger partial charge in [-0.15, -0.1) is 0 Å². The maximum atomic E-state index is 15.6. The predicted molar refractivity (Wildman–Crippen MR) is 236 cm³/mol. The first-order chi connectivity index (χ1) is 31.5. The number of hydrogen-bond donors (Lipinski definition) is 2. The van der Waals surface area contributed by atoms with Crippen molar-refractivity contribution in [3.63, 3.8) is 0 Å². The van der Waals surface area contributed by atoms with Crippen LogP contribution in [0.5, 0.6) is 0 Å². The van der Waals surface area contributed by atoms with Gasteiger partial charge in [0.2, 0.25) is 5.91 Å². The number of fused-ring (bicyclic) bond motifs is 3. The lowest BCUT2D eigenvalue weighted by molar-refractivity contribution is -0.123. The Balaban J connectivity index is 1.26. The highest BCUT2D eigenvalue weighted by Crippen LogP contribution is 2.48. The molecule has 1 saturated carbocycles. The van der Waals surface area contributed by atoms with Gasteiger partial charge in [0.1, 0.15) is 41.9 Å². The quantitative estimate of drug-likeness (QED) is 0.0625. The highest BCUT2D eigenvalue weighted by Gasteiger charge is 2.53. The van der Waals surface area contributed by atoms with E-state index in [1.54, 1.807) is 6.07 Å². The summed E-state index contributed by atoms with van der Waals surface area (Å²) in [4.78, 5) is 34.4. The fraction of sp³-hybridized carbons (Fsp3) is 0.432. The molecular weight excluding hydrogens is 935 g/mol. The van der Waals surface area contributed by atoms with Crippen molar-refractivity contribution in [2.75, 3.05) is 4.72 Å². The summed E-state index contributed by atoms with van der Waals surface area (Å²) in [6.07, 6.45) is -5.32. The zero-order valence-electron chi connectivity index (χ0n) is 36.5. The Bertz CT molecular complexity index is 2980. The summed E-state index contributed by atoms with van der Waals surface area (Å²) in [6, 6.07) is 8.30. The standard InChI is InChI=1S/C44H42BClF8N8O4S/c1-20-12-27-35(38(51)52)57-61(37(27)44(20,53)54)19-33(63)55-30(15-21-13-23(47)17-24(48)14-21)40-56-29-16-22(45-65-42(2,3)43(4,5)66-45)6-9-26(29)41(64)62(40)31-11-10-28(46)34-36(31)60(18-32(49)50)58-39(34)59-67-25-7-8-25/h6,9-11,13-14,16-17,20,25,30,32,38H,7-8,12,15,18-19H2,1-5H3,(H,55,63)(H,58,59). The molecule has 23 heteroatoms. The number of carbonyl (C=O) groups is 1. The molecule has 2 aliphatic carbocycles. The summed E-state index contributed by atoms with van der Waals surface area (Å²) in [7, 11) is -0.943. The fourth-order valence-electron chi connectivity index (χ4n) is 8.51. The highest BCUT2D eigenvalue weighted by atomic mass is 35.5. The Morgan fingerprint density at radius 2 is 1.66 bits per heavy atom. The van der Waals surface area contributed by atoms with Crippen LogP contribution in [-0.4, -0.2) is 65.0 Å². The zero-order chi connectivity index (χ0) is 48.1. The Hall–Kier alpha value is -5.19. The van der Waals surface area contributed by atoms with Gasteiger partial charge >= 0.3 is 7.12 Å². The maximum absolute atomic E-state index is 15.6. The minimum atomic E-state index is -3.64. The number of carbonyl (C=O) groups excluding carboxylic acids is 1. The number of rotatable bonds is 14. The van der Waals surface area contributed by atoms with Crippen molar-refractivity contribution < 1.29 is 49.2 Å². The highest BCUT2D eigenvalue weighted by molar-refractivity contribution is 8.01. The van der Waals surface area contributed by atoms with Crippen molar-refractivity contribution in [1.29, 1.82) is 0 Å². The molecule has 6 aromatic rings. The topological polar surface area (TPSA) is 130 Å². The second-order valence-electron chi connectivity index (χ2n) is 18.1. The molecule has 0 bridgehead atoms. The van der Waals surface area contributed by atoms with Gasteiger partial charge in [-0.25, -0.2) is 31.3 Å². The van der Waals surface area contributed by atoms with E-state index in [-0.39, 0.29) is 60.5 Å². The van der Waals surface area contributed by atoms with Gasteiger partial charge in [-0.1, -0.05) is 24.6 Å². The van der Waals surface area contributed by atoms with Crippen LogP contribution in [0.15, 0.2) is 53.3 Å². The Morgan fingerprint density at radius 3 is 2.30 bits per heavy atom. The summed E-state index contributed by atoms with van der Waals surface area (Å²) >= 11 is 8.10. The second-order valence-corrected chi connectivity index (χ2v) is 19.6. The van der Waals surface area contributed by atoms with Crippen LogP contribution in [0.3, 0.4) is 0 Å². The molecular formula is C44H42BClF8N8O4S. The molecule has 2 fully saturated rings. The minimum absolute atomic E-state index is 0.0143. The average molecular weight is 977 g/mol. The Kier molecular flexibility index (Phi) is 12.0. The van der Waals surface area contributed by atoms with Crippen LogP contribution in [0.25, 0.3) is 27.5 Å². The van der Waals surface area contributed by atoms with Crippen LogP contribution in [0.2, 0.25) is 5.02 Å². The van der Waals surface area contributed by atoms with Gasteiger partial charge in [-0.2, -0.15) is 19.0 Å². The van der Waals surface area contributed by atoms with Gasteiger partial charge in [0.05, 0.1) is 49.8 Å². The van der Waals surface area contributed by atoms with Crippen LogP contribution in [0, 0.1) is 17.6 Å². The van der Waals surface area contributed by atoms with Gasteiger partial charge in [-0.05, 0) is 106 Å². The number of alkyl halides is 6. The number of nitrogens with zero attached hydrogens (tertiary/aromatic N) is 6. The molecule has 9 rings (SSSR count). The molecule has 354 valence electrons. The van der Waals surface area contributed by atoms with E-state index >= 15 is 13.6 Å². The van der Waals surface area contributed by atoms with Gasteiger partial charge < -0.3 is 19.3 Å². The summed E-state index contributed by atoms with van der Waals surface area (Å²) < 4.78 is 136. The van der Waals surface area contributed by atoms with Crippen LogP contribution >= 0.6 is 23.5 Å². The normalized spacial score (nSPS) is 19.0. The van der Waals surface area contributed by atoms with Crippen LogP contribution < -0.4 is 21.1 Å². The fourth-order valence-corrected chi connectivity index (χ4v) is 9.55. The van der Waals surface area contributed by atoms with Crippen LogP contribution in [-0.2, 0) is 46.0 Å².